The van der Waals surface area contributed by atoms with Crippen LogP contribution < -0.4 is 31.2 Å². The van der Waals surface area contributed by atoms with E-state index in [1.807, 2.05) is 12.1 Å². The first kappa shape index (κ1) is 27.2. The molecule has 0 aromatic heterocycles. The molecule has 4 N–H and O–H groups in total. The summed E-state index contributed by atoms with van der Waals surface area (Å²) in [5.74, 6) is -0.288. The van der Waals surface area contributed by atoms with Gasteiger partial charge in [-0.05, 0) is 37.1 Å². The van der Waals surface area contributed by atoms with Crippen LogP contribution in [-0.4, -0.2) is 36.8 Å². The molecule has 0 unspecified atom stereocenters. The fraction of sp³-hybridized carbons (Fsp3) is 0.360. The maximum atomic E-state index is 11.8. The Bertz CT molecular complexity index is 849. The lowest BCUT2D eigenvalue weighted by Crippen LogP contribution is -2.43. The zero-order valence-corrected chi connectivity index (χ0v) is 19.6. The number of amides is 4. The van der Waals surface area contributed by atoms with E-state index in [1.165, 1.54) is 0 Å². The summed E-state index contributed by atoms with van der Waals surface area (Å²) in [6.45, 7) is -0.383. The highest BCUT2D eigenvalue weighted by molar-refractivity contribution is 5.83. The average molecular weight is 485 g/mol. The van der Waals surface area contributed by atoms with E-state index in [-0.39, 0.29) is 37.9 Å². The molecule has 2 rings (SSSR count). The molecule has 0 heterocycles. The van der Waals surface area contributed by atoms with Gasteiger partial charge in [-0.25, -0.2) is 0 Å². The summed E-state index contributed by atoms with van der Waals surface area (Å²) in [7, 11) is 0. The van der Waals surface area contributed by atoms with Gasteiger partial charge < -0.3 is 9.47 Å². The summed E-state index contributed by atoms with van der Waals surface area (Å²) >= 11 is 0. The molecule has 0 aliphatic rings. The topological polar surface area (TPSA) is 135 Å². The highest BCUT2D eigenvalue weighted by atomic mass is 16.5. The number of hydrogen-bond donors (Lipinski definition) is 4. The summed E-state index contributed by atoms with van der Waals surface area (Å²) in [6.07, 6.45) is 4.45. The van der Waals surface area contributed by atoms with Crippen LogP contribution >= 0.6 is 0 Å². The van der Waals surface area contributed by atoms with Crippen LogP contribution in [0.2, 0.25) is 0 Å². The van der Waals surface area contributed by atoms with Gasteiger partial charge in [0.2, 0.25) is 11.8 Å². The predicted molar refractivity (Wildman–Crippen MR) is 129 cm³/mol. The fourth-order valence-electron chi connectivity index (χ4n) is 2.91. The van der Waals surface area contributed by atoms with Crippen molar-refractivity contribution in [2.45, 2.75) is 44.9 Å². The van der Waals surface area contributed by atoms with Crippen molar-refractivity contribution >= 4 is 23.6 Å². The number of para-hydroxylation sites is 2. The Labute approximate surface area is 204 Å². The van der Waals surface area contributed by atoms with E-state index < -0.39 is 11.8 Å². The van der Waals surface area contributed by atoms with Gasteiger partial charge in [-0.2, -0.15) is 0 Å². The van der Waals surface area contributed by atoms with Crippen molar-refractivity contribution in [2.75, 3.05) is 13.2 Å². The normalized spacial score (nSPS) is 10.1. The van der Waals surface area contributed by atoms with Crippen LogP contribution in [0.25, 0.3) is 0 Å². The molecule has 0 bridgehead atoms. The van der Waals surface area contributed by atoms with Crippen LogP contribution in [0, 0.1) is 0 Å². The van der Waals surface area contributed by atoms with E-state index in [4.69, 9.17) is 9.47 Å². The van der Waals surface area contributed by atoms with Gasteiger partial charge in [0.25, 0.3) is 11.8 Å². The number of benzene rings is 2. The Morgan fingerprint density at radius 2 is 0.829 bits per heavy atom. The molecule has 35 heavy (non-hydrogen) atoms. The minimum Gasteiger partial charge on any atom is -0.484 e. The Balaban J connectivity index is 1.39. The second kappa shape index (κ2) is 16.5. The maximum absolute atomic E-state index is 11.8. The number of nitrogens with one attached hydrogen (secondary N) is 4. The monoisotopic (exact) mass is 484 g/mol. The number of hydrazine groups is 2. The molecule has 0 spiro atoms. The van der Waals surface area contributed by atoms with Gasteiger partial charge >= 0.3 is 0 Å². The number of carbonyl (C=O) groups excluding carboxylic acids is 4. The molecule has 0 saturated heterocycles. The maximum Gasteiger partial charge on any atom is 0.276 e. The van der Waals surface area contributed by atoms with Crippen LogP contribution in [0.4, 0.5) is 0 Å². The van der Waals surface area contributed by atoms with Gasteiger partial charge in [-0.3, -0.25) is 40.9 Å². The molecule has 4 amide bonds. The Hall–Kier alpha value is -4.08. The van der Waals surface area contributed by atoms with Crippen molar-refractivity contribution in [3.63, 3.8) is 0 Å². The highest BCUT2D eigenvalue weighted by Crippen LogP contribution is 2.09. The first-order valence-electron chi connectivity index (χ1n) is 11.5. The molecule has 2 aromatic rings. The number of rotatable bonds is 14. The minimum absolute atomic E-state index is 0.191. The first-order chi connectivity index (χ1) is 17.0. The molecule has 0 fully saturated rings. The summed E-state index contributed by atoms with van der Waals surface area (Å²) in [6, 6.07) is 17.8. The van der Waals surface area contributed by atoms with E-state index in [0.717, 1.165) is 19.3 Å². The van der Waals surface area contributed by atoms with Gasteiger partial charge in [0.05, 0.1) is 0 Å². The number of ether oxygens (including phenoxy) is 2. The zero-order chi connectivity index (χ0) is 25.1. The van der Waals surface area contributed by atoms with E-state index in [1.54, 1.807) is 48.5 Å². The van der Waals surface area contributed by atoms with Crippen molar-refractivity contribution in [3.8, 4) is 11.5 Å². The third kappa shape index (κ3) is 13.3. The number of hydrogen-bond acceptors (Lipinski definition) is 6. The molecule has 0 saturated carbocycles. The van der Waals surface area contributed by atoms with E-state index in [0.29, 0.717) is 24.3 Å². The summed E-state index contributed by atoms with van der Waals surface area (Å²) in [5, 5.41) is 0. The molecular weight excluding hydrogens is 452 g/mol. The Morgan fingerprint density at radius 1 is 0.486 bits per heavy atom. The lowest BCUT2D eigenvalue weighted by Gasteiger charge is -2.09. The Morgan fingerprint density at radius 3 is 1.23 bits per heavy atom. The molecule has 10 nitrogen and oxygen atoms in total. The van der Waals surface area contributed by atoms with Gasteiger partial charge in [-0.15, -0.1) is 0 Å². The summed E-state index contributed by atoms with van der Waals surface area (Å²) < 4.78 is 10.6. The lowest BCUT2D eigenvalue weighted by atomic mass is 10.1. The zero-order valence-electron chi connectivity index (χ0n) is 19.6. The number of unbranched alkanes of at least 4 members (excludes halogenated alkanes) is 4. The highest BCUT2D eigenvalue weighted by Gasteiger charge is 2.07. The van der Waals surface area contributed by atoms with Crippen LogP contribution in [0.1, 0.15) is 44.9 Å². The molecule has 188 valence electrons. The van der Waals surface area contributed by atoms with Crippen LogP contribution in [0.3, 0.4) is 0 Å². The van der Waals surface area contributed by atoms with Crippen molar-refractivity contribution in [1.29, 1.82) is 0 Å². The molecule has 2 aromatic carbocycles. The van der Waals surface area contributed by atoms with Crippen molar-refractivity contribution in [2.24, 2.45) is 0 Å². The second-order valence-electron chi connectivity index (χ2n) is 7.66. The van der Waals surface area contributed by atoms with Crippen molar-refractivity contribution in [3.05, 3.63) is 60.7 Å². The SMILES string of the molecule is O=C(CCCCCCCC(=O)NNC(=O)COc1ccccc1)NNC(=O)COc1ccccc1. The summed E-state index contributed by atoms with van der Waals surface area (Å²) in [4.78, 5) is 47.0. The van der Waals surface area contributed by atoms with Crippen LogP contribution in [0.5, 0.6) is 11.5 Å². The molecular formula is C25H32N4O6. The first-order valence-corrected chi connectivity index (χ1v) is 11.5. The van der Waals surface area contributed by atoms with Gasteiger partial charge in [0.1, 0.15) is 11.5 Å². The van der Waals surface area contributed by atoms with Gasteiger partial charge in [-0.1, -0.05) is 55.7 Å². The third-order valence-electron chi connectivity index (χ3n) is 4.72. The van der Waals surface area contributed by atoms with Crippen molar-refractivity contribution in [1.82, 2.24) is 21.7 Å². The van der Waals surface area contributed by atoms with E-state index >= 15 is 0 Å². The molecule has 0 aliphatic heterocycles. The third-order valence-corrected chi connectivity index (χ3v) is 4.72. The van der Waals surface area contributed by atoms with Crippen LogP contribution in [0.15, 0.2) is 60.7 Å². The standard InChI is InChI=1S/C25H32N4O6/c30-22(26-28-24(32)18-34-20-12-6-4-7-13-20)16-10-2-1-3-11-17-23(31)27-29-25(33)19-35-21-14-8-5-9-15-21/h4-9,12-15H,1-3,10-11,16-19H2,(H,26,30)(H,27,31)(H,28,32)(H,29,33). The molecule has 10 heteroatoms. The van der Waals surface area contributed by atoms with Crippen molar-refractivity contribution < 1.29 is 28.7 Å². The summed E-state index contributed by atoms with van der Waals surface area (Å²) in [5.41, 5.74) is 9.36. The second-order valence-corrected chi connectivity index (χ2v) is 7.66. The van der Waals surface area contributed by atoms with Gasteiger partial charge in [0, 0.05) is 12.8 Å². The van der Waals surface area contributed by atoms with E-state index in [2.05, 4.69) is 21.7 Å². The van der Waals surface area contributed by atoms with Crippen LogP contribution in [-0.2, 0) is 19.2 Å². The average Bonchev–Trinajstić information content (AvgIpc) is 2.89. The molecule has 0 aliphatic carbocycles. The minimum atomic E-state index is -0.444. The molecule has 0 radical (unpaired) electrons. The molecule has 0 atom stereocenters. The lowest BCUT2D eigenvalue weighted by molar-refractivity contribution is -0.130. The van der Waals surface area contributed by atoms with E-state index in [9.17, 15) is 19.2 Å². The smallest absolute Gasteiger partial charge is 0.276 e. The predicted octanol–water partition coefficient (Wildman–Crippen LogP) is 2.17. The number of carbonyl (C=O) groups is 4. The largest absolute Gasteiger partial charge is 0.484 e. The quantitative estimate of drug-likeness (QED) is 0.240. The Kier molecular flexibility index (Phi) is 12.8. The van der Waals surface area contributed by atoms with Gasteiger partial charge in [0.15, 0.2) is 13.2 Å². The fourth-order valence-corrected chi connectivity index (χ4v) is 2.91.